The van der Waals surface area contributed by atoms with E-state index < -0.39 is 5.54 Å². The fourth-order valence-electron chi connectivity index (χ4n) is 2.92. The van der Waals surface area contributed by atoms with E-state index in [0.29, 0.717) is 0 Å². The van der Waals surface area contributed by atoms with E-state index in [2.05, 4.69) is 15.7 Å². The molecule has 2 rings (SSSR count). The van der Waals surface area contributed by atoms with Crippen LogP contribution in [0.1, 0.15) is 49.3 Å². The first kappa shape index (κ1) is 18.0. The van der Waals surface area contributed by atoms with Crippen molar-refractivity contribution in [1.82, 2.24) is 15.1 Å². The molecule has 0 saturated heterocycles. The van der Waals surface area contributed by atoms with Gasteiger partial charge in [0, 0.05) is 24.0 Å². The summed E-state index contributed by atoms with van der Waals surface area (Å²) >= 11 is 0. The Bertz CT molecular complexity index is 729. The first-order valence-corrected chi connectivity index (χ1v) is 8.27. The molecular weight excluding hydrogens is 300 g/mol. The van der Waals surface area contributed by atoms with Gasteiger partial charge in [0.15, 0.2) is 0 Å². The van der Waals surface area contributed by atoms with Gasteiger partial charge in [-0.15, -0.1) is 0 Å². The molecule has 24 heavy (non-hydrogen) atoms. The Labute approximate surface area is 144 Å². The fraction of sp³-hybridized carbons (Fsp3) is 0.474. The van der Waals surface area contributed by atoms with Crippen molar-refractivity contribution < 1.29 is 4.79 Å². The van der Waals surface area contributed by atoms with Gasteiger partial charge in [0.05, 0.1) is 11.7 Å². The predicted molar refractivity (Wildman–Crippen MR) is 98.1 cm³/mol. The molecule has 1 aromatic carbocycles. The van der Waals surface area contributed by atoms with E-state index in [-0.39, 0.29) is 11.9 Å². The maximum atomic E-state index is 12.7. The van der Waals surface area contributed by atoms with E-state index in [0.717, 1.165) is 22.6 Å². The zero-order valence-electron chi connectivity index (χ0n) is 15.7. The molecule has 0 saturated carbocycles. The van der Waals surface area contributed by atoms with E-state index in [1.807, 2.05) is 77.5 Å². The molecule has 0 radical (unpaired) electrons. The number of hydrogen-bond donors (Lipinski definition) is 2. The molecule has 2 N–H and O–H groups in total. The van der Waals surface area contributed by atoms with Gasteiger partial charge in [0.2, 0.25) is 5.91 Å². The Balaban J connectivity index is 2.10. The number of nitrogens with zero attached hydrogens (tertiary/aromatic N) is 2. The summed E-state index contributed by atoms with van der Waals surface area (Å²) in [5.74, 6) is -0.0433. The van der Waals surface area contributed by atoms with Gasteiger partial charge in [-0.25, -0.2) is 0 Å². The average molecular weight is 328 g/mol. The quantitative estimate of drug-likeness (QED) is 0.884. The van der Waals surface area contributed by atoms with Crippen LogP contribution in [0.25, 0.3) is 0 Å². The molecular formula is C19H28N4O. The van der Waals surface area contributed by atoms with E-state index >= 15 is 0 Å². The summed E-state index contributed by atoms with van der Waals surface area (Å²) in [4.78, 5) is 12.7. The van der Waals surface area contributed by atoms with Crippen molar-refractivity contribution in [3.05, 3.63) is 46.8 Å². The largest absolute Gasteiger partial charge is 0.372 e. The SMILES string of the molecule is Cc1ccc(NC(C)(C)C(=O)N[C@@H](C)c2c(C)nn(C)c2C)cc1. The molecule has 0 aliphatic carbocycles. The molecule has 0 aliphatic heterocycles. The first-order valence-electron chi connectivity index (χ1n) is 8.27. The minimum atomic E-state index is -0.715. The van der Waals surface area contributed by atoms with Crippen molar-refractivity contribution in [3.8, 4) is 0 Å². The Kier molecular flexibility index (Phi) is 5.02. The first-order chi connectivity index (χ1) is 11.1. The van der Waals surface area contributed by atoms with Gasteiger partial charge in [-0.3, -0.25) is 9.48 Å². The second-order valence-electron chi connectivity index (χ2n) is 7.02. The molecule has 1 heterocycles. The van der Waals surface area contributed by atoms with Crippen LogP contribution in [0, 0.1) is 20.8 Å². The van der Waals surface area contributed by atoms with Crippen molar-refractivity contribution in [2.75, 3.05) is 5.32 Å². The third kappa shape index (κ3) is 3.78. The Hall–Kier alpha value is -2.30. The molecule has 5 heteroatoms. The number of carbonyl (C=O) groups is 1. The summed E-state index contributed by atoms with van der Waals surface area (Å²) in [5, 5.41) is 10.8. The Morgan fingerprint density at radius 1 is 1.17 bits per heavy atom. The van der Waals surface area contributed by atoms with Crippen molar-refractivity contribution >= 4 is 11.6 Å². The molecule has 0 aliphatic rings. The number of amides is 1. The lowest BCUT2D eigenvalue weighted by molar-refractivity contribution is -0.125. The topological polar surface area (TPSA) is 59.0 Å². The van der Waals surface area contributed by atoms with Gasteiger partial charge >= 0.3 is 0 Å². The standard InChI is InChI=1S/C19H28N4O/c1-12-8-10-16(11-9-12)21-19(5,6)18(24)20-13(2)17-14(3)22-23(7)15(17)4/h8-11,13,21H,1-7H3,(H,20,24)/t13-/m0/s1. The second-order valence-corrected chi connectivity index (χ2v) is 7.02. The highest BCUT2D eigenvalue weighted by Gasteiger charge is 2.29. The average Bonchev–Trinajstić information content (AvgIpc) is 2.74. The number of nitrogens with one attached hydrogen (secondary N) is 2. The maximum absolute atomic E-state index is 12.7. The van der Waals surface area contributed by atoms with Gasteiger partial charge in [-0.05, 0) is 53.7 Å². The molecule has 5 nitrogen and oxygen atoms in total. The number of aromatic nitrogens is 2. The van der Waals surface area contributed by atoms with Crippen molar-refractivity contribution in [1.29, 1.82) is 0 Å². The summed E-state index contributed by atoms with van der Waals surface area (Å²) in [5.41, 5.74) is 4.52. The van der Waals surface area contributed by atoms with Crippen LogP contribution in [0.3, 0.4) is 0 Å². The third-order valence-corrected chi connectivity index (χ3v) is 4.42. The van der Waals surface area contributed by atoms with Crippen LogP contribution in [-0.2, 0) is 11.8 Å². The molecule has 130 valence electrons. The van der Waals surface area contributed by atoms with Crippen LogP contribution in [0.4, 0.5) is 5.69 Å². The van der Waals surface area contributed by atoms with Crippen molar-refractivity contribution in [3.63, 3.8) is 0 Å². The minimum Gasteiger partial charge on any atom is -0.372 e. The van der Waals surface area contributed by atoms with Gasteiger partial charge in [0.25, 0.3) is 0 Å². The van der Waals surface area contributed by atoms with Crippen LogP contribution in [0.2, 0.25) is 0 Å². The van der Waals surface area contributed by atoms with Gasteiger partial charge in [-0.2, -0.15) is 5.10 Å². The van der Waals surface area contributed by atoms with Crippen LogP contribution in [0.15, 0.2) is 24.3 Å². The van der Waals surface area contributed by atoms with E-state index in [1.54, 1.807) is 0 Å². The highest BCUT2D eigenvalue weighted by molar-refractivity contribution is 5.88. The van der Waals surface area contributed by atoms with Crippen molar-refractivity contribution in [2.24, 2.45) is 7.05 Å². The van der Waals surface area contributed by atoms with E-state index in [9.17, 15) is 4.79 Å². The number of hydrogen-bond acceptors (Lipinski definition) is 3. The normalized spacial score (nSPS) is 12.8. The minimum absolute atomic E-state index is 0.0433. The molecule has 0 bridgehead atoms. The molecule has 0 spiro atoms. The summed E-state index contributed by atoms with van der Waals surface area (Å²) in [6.07, 6.45) is 0. The monoisotopic (exact) mass is 328 g/mol. The molecule has 1 aromatic heterocycles. The second kappa shape index (κ2) is 6.67. The van der Waals surface area contributed by atoms with Gasteiger partial charge in [-0.1, -0.05) is 17.7 Å². The highest BCUT2D eigenvalue weighted by Crippen LogP contribution is 2.22. The smallest absolute Gasteiger partial charge is 0.245 e. The lowest BCUT2D eigenvalue weighted by Crippen LogP contribution is -2.48. The van der Waals surface area contributed by atoms with Crippen LogP contribution in [-0.4, -0.2) is 21.2 Å². The highest BCUT2D eigenvalue weighted by atomic mass is 16.2. The molecule has 0 unspecified atom stereocenters. The number of rotatable bonds is 5. The van der Waals surface area contributed by atoms with Crippen LogP contribution >= 0.6 is 0 Å². The Morgan fingerprint density at radius 2 is 1.75 bits per heavy atom. The maximum Gasteiger partial charge on any atom is 0.245 e. The lowest BCUT2D eigenvalue weighted by atomic mass is 10.0. The zero-order chi connectivity index (χ0) is 18.1. The summed E-state index contributed by atoms with van der Waals surface area (Å²) < 4.78 is 1.85. The summed E-state index contributed by atoms with van der Waals surface area (Å²) in [7, 11) is 1.92. The predicted octanol–water partition coefficient (Wildman–Crippen LogP) is 3.41. The third-order valence-electron chi connectivity index (χ3n) is 4.42. The van der Waals surface area contributed by atoms with Crippen LogP contribution < -0.4 is 10.6 Å². The van der Waals surface area contributed by atoms with E-state index in [4.69, 9.17) is 0 Å². The molecule has 1 amide bonds. The van der Waals surface area contributed by atoms with Crippen LogP contribution in [0.5, 0.6) is 0 Å². The fourth-order valence-corrected chi connectivity index (χ4v) is 2.92. The number of aryl methyl sites for hydroxylation is 3. The number of anilines is 1. The number of benzene rings is 1. The van der Waals surface area contributed by atoms with E-state index in [1.165, 1.54) is 5.56 Å². The number of carbonyl (C=O) groups excluding carboxylic acids is 1. The molecule has 1 atom stereocenters. The zero-order valence-corrected chi connectivity index (χ0v) is 15.7. The van der Waals surface area contributed by atoms with Crippen molar-refractivity contribution in [2.45, 2.75) is 53.1 Å². The lowest BCUT2D eigenvalue weighted by Gasteiger charge is -2.28. The van der Waals surface area contributed by atoms with Gasteiger partial charge < -0.3 is 10.6 Å². The molecule has 0 fully saturated rings. The van der Waals surface area contributed by atoms with Gasteiger partial charge in [0.1, 0.15) is 5.54 Å². The summed E-state index contributed by atoms with van der Waals surface area (Å²) in [6.45, 7) is 11.8. The summed E-state index contributed by atoms with van der Waals surface area (Å²) in [6, 6.07) is 7.94. The molecule has 2 aromatic rings. The Morgan fingerprint density at radius 3 is 2.25 bits per heavy atom.